The van der Waals surface area contributed by atoms with Crippen LogP contribution in [0.25, 0.3) is 0 Å². The van der Waals surface area contributed by atoms with E-state index in [4.69, 9.17) is 4.74 Å². The lowest BCUT2D eigenvalue weighted by molar-refractivity contribution is -0.153. The molecule has 11 heteroatoms. The van der Waals surface area contributed by atoms with Gasteiger partial charge in [-0.15, -0.1) is 0 Å². The molecule has 0 aromatic heterocycles. The Bertz CT molecular complexity index is 964. The Hall–Kier alpha value is -2.79. The van der Waals surface area contributed by atoms with Crippen molar-refractivity contribution in [1.82, 2.24) is 10.0 Å². The molecule has 170 valence electrons. The molecule has 0 unspecified atom stereocenters. The Morgan fingerprint density at radius 1 is 1.03 bits per heavy atom. The van der Waals surface area contributed by atoms with Crippen LogP contribution < -0.4 is 19.5 Å². The molecule has 0 aliphatic carbocycles. The van der Waals surface area contributed by atoms with E-state index in [0.29, 0.717) is 17.9 Å². The van der Waals surface area contributed by atoms with Gasteiger partial charge in [0.1, 0.15) is 11.5 Å². The highest BCUT2D eigenvalue weighted by Gasteiger charge is 2.28. The molecule has 0 saturated heterocycles. The van der Waals surface area contributed by atoms with Crippen LogP contribution in [0.15, 0.2) is 53.4 Å². The van der Waals surface area contributed by atoms with E-state index in [1.54, 1.807) is 6.07 Å². The van der Waals surface area contributed by atoms with Crippen LogP contribution in [0.4, 0.5) is 13.2 Å². The number of benzene rings is 2. The van der Waals surface area contributed by atoms with Crippen LogP contribution >= 0.6 is 0 Å². The number of carbonyl (C=O) groups is 1. The smallest absolute Gasteiger partial charge is 0.422 e. The van der Waals surface area contributed by atoms with Gasteiger partial charge in [0, 0.05) is 19.5 Å². The van der Waals surface area contributed by atoms with E-state index in [9.17, 15) is 26.4 Å². The second-order valence-electron chi connectivity index (χ2n) is 6.38. The third kappa shape index (κ3) is 8.85. The molecule has 1 amide bonds. The monoisotopic (exact) mass is 460 g/mol. The van der Waals surface area contributed by atoms with Crippen LogP contribution in [-0.4, -0.2) is 40.3 Å². The van der Waals surface area contributed by atoms with Crippen molar-refractivity contribution in [2.75, 3.05) is 19.8 Å². The number of alkyl halides is 3. The van der Waals surface area contributed by atoms with Crippen molar-refractivity contribution in [1.29, 1.82) is 0 Å². The lowest BCUT2D eigenvalue weighted by atomic mass is 10.2. The lowest BCUT2D eigenvalue weighted by Gasteiger charge is -2.11. The summed E-state index contributed by atoms with van der Waals surface area (Å²) >= 11 is 0. The first-order valence-corrected chi connectivity index (χ1v) is 10.8. The van der Waals surface area contributed by atoms with Crippen molar-refractivity contribution < 1.29 is 35.9 Å². The van der Waals surface area contributed by atoms with Crippen molar-refractivity contribution in [2.24, 2.45) is 0 Å². The Balaban J connectivity index is 1.78. The predicted octanol–water partition coefficient (Wildman–Crippen LogP) is 3.01. The largest absolute Gasteiger partial charge is 0.494 e. The summed E-state index contributed by atoms with van der Waals surface area (Å²) in [5.74, 6) is 0.164. The van der Waals surface area contributed by atoms with Crippen LogP contribution in [0.3, 0.4) is 0 Å². The molecular formula is C20H23F3N2O5S. The van der Waals surface area contributed by atoms with E-state index in [1.807, 2.05) is 6.92 Å². The average molecular weight is 460 g/mol. The lowest BCUT2D eigenvalue weighted by Crippen LogP contribution is -2.30. The SMILES string of the molecule is CCOc1ccc(S(=O)(=O)NCCC(=O)NCc2cccc(OCC(F)(F)F)c2)cc1. The van der Waals surface area contributed by atoms with Gasteiger partial charge in [-0.25, -0.2) is 13.1 Å². The standard InChI is InChI=1S/C20H23F3N2O5S/c1-2-29-16-6-8-18(9-7-16)31(27,28)25-11-10-19(26)24-13-15-4-3-5-17(12-15)30-14-20(21,22)23/h3-9,12,25H,2,10-11,13-14H2,1H3,(H,24,26). The summed E-state index contributed by atoms with van der Waals surface area (Å²) in [5.41, 5.74) is 0.544. The third-order valence-corrected chi connectivity index (χ3v) is 5.36. The number of hydrogen-bond acceptors (Lipinski definition) is 5. The zero-order valence-electron chi connectivity index (χ0n) is 16.7. The molecular weight excluding hydrogens is 437 g/mol. The fourth-order valence-corrected chi connectivity index (χ4v) is 3.50. The number of hydrogen-bond donors (Lipinski definition) is 2. The van der Waals surface area contributed by atoms with E-state index in [-0.39, 0.29) is 30.2 Å². The summed E-state index contributed by atoms with van der Waals surface area (Å²) in [4.78, 5) is 12.0. The third-order valence-electron chi connectivity index (χ3n) is 3.88. The number of rotatable bonds is 11. The number of halogens is 3. The van der Waals surface area contributed by atoms with Gasteiger partial charge in [-0.05, 0) is 48.9 Å². The second-order valence-corrected chi connectivity index (χ2v) is 8.15. The Kier molecular flexibility index (Phi) is 8.69. The molecule has 0 fully saturated rings. The summed E-state index contributed by atoms with van der Waals surface area (Å²) in [5, 5.41) is 2.58. The van der Waals surface area contributed by atoms with Gasteiger partial charge < -0.3 is 14.8 Å². The van der Waals surface area contributed by atoms with Crippen LogP contribution in [-0.2, 0) is 21.4 Å². The second kappa shape index (κ2) is 11.0. The number of ether oxygens (including phenoxy) is 2. The molecule has 0 bridgehead atoms. The van der Waals surface area contributed by atoms with Gasteiger partial charge >= 0.3 is 6.18 Å². The molecule has 2 aromatic carbocycles. The first-order chi connectivity index (χ1) is 14.6. The Morgan fingerprint density at radius 2 is 1.74 bits per heavy atom. The van der Waals surface area contributed by atoms with Crippen LogP contribution in [0.5, 0.6) is 11.5 Å². The van der Waals surface area contributed by atoms with E-state index >= 15 is 0 Å². The van der Waals surface area contributed by atoms with Gasteiger partial charge in [0.25, 0.3) is 0 Å². The van der Waals surface area contributed by atoms with Crippen LogP contribution in [0.2, 0.25) is 0 Å². The summed E-state index contributed by atoms with van der Waals surface area (Å²) in [6, 6.07) is 11.8. The van der Waals surface area contributed by atoms with Crippen molar-refractivity contribution in [3.63, 3.8) is 0 Å². The highest BCUT2D eigenvalue weighted by Crippen LogP contribution is 2.19. The van der Waals surface area contributed by atoms with Crippen molar-refractivity contribution >= 4 is 15.9 Å². The summed E-state index contributed by atoms with van der Waals surface area (Å²) in [6.45, 7) is 0.821. The molecule has 2 N–H and O–H groups in total. The number of carbonyl (C=O) groups excluding carboxylic acids is 1. The normalized spacial score (nSPS) is 11.7. The van der Waals surface area contributed by atoms with E-state index in [0.717, 1.165) is 0 Å². The van der Waals surface area contributed by atoms with Gasteiger partial charge in [-0.3, -0.25) is 4.79 Å². The highest BCUT2D eigenvalue weighted by atomic mass is 32.2. The van der Waals surface area contributed by atoms with Crippen molar-refractivity contribution in [3.05, 3.63) is 54.1 Å². The molecule has 0 radical (unpaired) electrons. The quantitative estimate of drug-likeness (QED) is 0.538. The maximum absolute atomic E-state index is 12.3. The fraction of sp³-hybridized carbons (Fsp3) is 0.350. The number of nitrogens with one attached hydrogen (secondary N) is 2. The molecule has 7 nitrogen and oxygen atoms in total. The van der Waals surface area contributed by atoms with Gasteiger partial charge in [-0.2, -0.15) is 13.2 Å². The first-order valence-electron chi connectivity index (χ1n) is 9.37. The molecule has 2 rings (SSSR count). The number of amides is 1. The predicted molar refractivity (Wildman–Crippen MR) is 107 cm³/mol. The molecule has 0 spiro atoms. The van der Waals surface area contributed by atoms with Crippen LogP contribution in [0.1, 0.15) is 18.9 Å². The number of sulfonamides is 1. The molecule has 0 heterocycles. The van der Waals surface area contributed by atoms with Gasteiger partial charge in [0.15, 0.2) is 6.61 Å². The molecule has 0 aliphatic rings. The molecule has 0 saturated carbocycles. The van der Waals surface area contributed by atoms with Gasteiger partial charge in [0.2, 0.25) is 15.9 Å². The average Bonchev–Trinajstić information content (AvgIpc) is 2.71. The van der Waals surface area contributed by atoms with Crippen molar-refractivity contribution in [3.8, 4) is 11.5 Å². The molecule has 0 atom stereocenters. The van der Waals surface area contributed by atoms with E-state index in [1.165, 1.54) is 42.5 Å². The van der Waals surface area contributed by atoms with Gasteiger partial charge in [0.05, 0.1) is 11.5 Å². The van der Waals surface area contributed by atoms with E-state index < -0.39 is 28.7 Å². The maximum atomic E-state index is 12.3. The zero-order valence-corrected chi connectivity index (χ0v) is 17.6. The summed E-state index contributed by atoms with van der Waals surface area (Å²) < 4.78 is 73.4. The van der Waals surface area contributed by atoms with Crippen LogP contribution in [0, 0.1) is 0 Å². The maximum Gasteiger partial charge on any atom is 0.422 e. The first kappa shape index (κ1) is 24.5. The molecule has 0 aliphatic heterocycles. The minimum atomic E-state index is -4.44. The van der Waals surface area contributed by atoms with Gasteiger partial charge in [-0.1, -0.05) is 12.1 Å². The van der Waals surface area contributed by atoms with Crippen molar-refractivity contribution in [2.45, 2.75) is 31.0 Å². The molecule has 2 aromatic rings. The molecule has 31 heavy (non-hydrogen) atoms. The summed E-state index contributed by atoms with van der Waals surface area (Å²) in [6.07, 6.45) is -4.55. The van der Waals surface area contributed by atoms with E-state index in [2.05, 4.69) is 14.8 Å². The minimum Gasteiger partial charge on any atom is -0.494 e. The topological polar surface area (TPSA) is 93.7 Å². The Morgan fingerprint density at radius 3 is 2.39 bits per heavy atom. The summed E-state index contributed by atoms with van der Waals surface area (Å²) in [7, 11) is -3.77. The Labute approximate surface area is 178 Å². The zero-order chi connectivity index (χ0) is 22.9. The fourth-order valence-electron chi connectivity index (χ4n) is 2.46. The highest BCUT2D eigenvalue weighted by molar-refractivity contribution is 7.89. The minimum absolute atomic E-state index is 0.0344.